The number of carbonyl (C=O) groups is 1. The van der Waals surface area contributed by atoms with Crippen molar-refractivity contribution in [3.8, 4) is 5.75 Å². The van der Waals surface area contributed by atoms with E-state index in [0.717, 1.165) is 31.4 Å². The standard InChI is InChI=1S/C14H19NO2/c1-2-3-4-11-15-14(17)10-7-12-5-8-13(16)9-6-12/h5-10,16H,2-4,11H2,1H3,(H,15,17)/b10-7+. The first-order valence-electron chi connectivity index (χ1n) is 5.97. The quantitative estimate of drug-likeness (QED) is 0.586. The van der Waals surface area contributed by atoms with Gasteiger partial charge in [-0.05, 0) is 30.2 Å². The summed E-state index contributed by atoms with van der Waals surface area (Å²) in [6, 6.07) is 6.71. The van der Waals surface area contributed by atoms with Gasteiger partial charge in [0.15, 0.2) is 0 Å². The highest BCUT2D eigenvalue weighted by Crippen LogP contribution is 2.10. The SMILES string of the molecule is CCCCCNC(=O)/C=C/c1ccc(O)cc1. The van der Waals surface area contributed by atoms with E-state index >= 15 is 0 Å². The average Bonchev–Trinajstić information content (AvgIpc) is 2.34. The van der Waals surface area contributed by atoms with Gasteiger partial charge in [-0.1, -0.05) is 31.9 Å². The molecule has 0 fully saturated rings. The van der Waals surface area contributed by atoms with Crippen LogP contribution in [0.5, 0.6) is 5.75 Å². The van der Waals surface area contributed by atoms with E-state index in [1.807, 2.05) is 0 Å². The lowest BCUT2D eigenvalue weighted by Crippen LogP contribution is -2.21. The van der Waals surface area contributed by atoms with Gasteiger partial charge in [0.25, 0.3) is 0 Å². The van der Waals surface area contributed by atoms with Gasteiger partial charge in [-0.25, -0.2) is 0 Å². The van der Waals surface area contributed by atoms with E-state index in [4.69, 9.17) is 5.11 Å². The number of nitrogens with one attached hydrogen (secondary N) is 1. The molecule has 0 aromatic heterocycles. The van der Waals surface area contributed by atoms with E-state index in [1.165, 1.54) is 6.08 Å². The van der Waals surface area contributed by atoms with Crippen molar-refractivity contribution in [2.24, 2.45) is 0 Å². The zero-order valence-corrected chi connectivity index (χ0v) is 10.1. The first kappa shape index (κ1) is 13.3. The minimum atomic E-state index is -0.0748. The molecule has 92 valence electrons. The molecule has 1 aromatic carbocycles. The molecule has 0 atom stereocenters. The van der Waals surface area contributed by atoms with Crippen LogP contribution in [-0.2, 0) is 4.79 Å². The van der Waals surface area contributed by atoms with Crippen molar-refractivity contribution in [3.05, 3.63) is 35.9 Å². The van der Waals surface area contributed by atoms with E-state index in [9.17, 15) is 4.79 Å². The van der Waals surface area contributed by atoms with Crippen molar-refractivity contribution < 1.29 is 9.90 Å². The number of phenols is 1. The van der Waals surface area contributed by atoms with E-state index in [-0.39, 0.29) is 11.7 Å². The summed E-state index contributed by atoms with van der Waals surface area (Å²) in [5.41, 5.74) is 0.895. The summed E-state index contributed by atoms with van der Waals surface area (Å²) in [6.45, 7) is 2.86. The summed E-state index contributed by atoms with van der Waals surface area (Å²) in [6.07, 6.45) is 6.56. The van der Waals surface area contributed by atoms with E-state index in [0.29, 0.717) is 0 Å². The Morgan fingerprint density at radius 1 is 1.29 bits per heavy atom. The molecule has 1 aromatic rings. The van der Waals surface area contributed by atoms with E-state index in [2.05, 4.69) is 12.2 Å². The maximum atomic E-state index is 11.4. The van der Waals surface area contributed by atoms with Crippen LogP contribution >= 0.6 is 0 Å². The summed E-state index contributed by atoms with van der Waals surface area (Å²) in [5, 5.41) is 11.9. The number of hydrogen-bond donors (Lipinski definition) is 2. The van der Waals surface area contributed by atoms with Gasteiger partial charge in [0.2, 0.25) is 5.91 Å². The predicted octanol–water partition coefficient (Wildman–Crippen LogP) is 2.71. The largest absolute Gasteiger partial charge is 0.508 e. The van der Waals surface area contributed by atoms with Gasteiger partial charge in [-0.3, -0.25) is 4.79 Å². The summed E-state index contributed by atoms with van der Waals surface area (Å²) in [7, 11) is 0. The lowest BCUT2D eigenvalue weighted by Gasteiger charge is -2.00. The number of rotatable bonds is 6. The second-order valence-electron chi connectivity index (χ2n) is 3.92. The molecule has 1 rings (SSSR count). The smallest absolute Gasteiger partial charge is 0.243 e. The molecule has 17 heavy (non-hydrogen) atoms. The van der Waals surface area contributed by atoms with Crippen molar-refractivity contribution in [3.63, 3.8) is 0 Å². The fraction of sp³-hybridized carbons (Fsp3) is 0.357. The number of unbranched alkanes of at least 4 members (excludes halogenated alkanes) is 2. The molecule has 0 heterocycles. The van der Waals surface area contributed by atoms with Crippen LogP contribution in [0.25, 0.3) is 6.08 Å². The average molecular weight is 233 g/mol. The molecule has 2 N–H and O–H groups in total. The lowest BCUT2D eigenvalue weighted by atomic mass is 10.2. The zero-order valence-electron chi connectivity index (χ0n) is 10.1. The number of phenolic OH excluding ortho intramolecular Hbond substituents is 1. The first-order chi connectivity index (χ1) is 8.22. The summed E-state index contributed by atoms with van der Waals surface area (Å²) in [4.78, 5) is 11.4. The van der Waals surface area contributed by atoms with Gasteiger partial charge >= 0.3 is 0 Å². The maximum Gasteiger partial charge on any atom is 0.243 e. The Morgan fingerprint density at radius 3 is 2.65 bits per heavy atom. The predicted molar refractivity (Wildman–Crippen MR) is 69.7 cm³/mol. The highest BCUT2D eigenvalue weighted by molar-refractivity contribution is 5.91. The van der Waals surface area contributed by atoms with E-state index < -0.39 is 0 Å². The van der Waals surface area contributed by atoms with Gasteiger partial charge in [0.05, 0.1) is 0 Å². The number of aromatic hydroxyl groups is 1. The van der Waals surface area contributed by atoms with Crippen molar-refractivity contribution in [2.75, 3.05) is 6.54 Å². The Morgan fingerprint density at radius 2 is 2.00 bits per heavy atom. The molecule has 3 nitrogen and oxygen atoms in total. The van der Waals surface area contributed by atoms with Crippen LogP contribution in [0, 0.1) is 0 Å². The third kappa shape index (κ3) is 5.76. The Hall–Kier alpha value is -1.77. The minimum absolute atomic E-state index is 0.0748. The van der Waals surface area contributed by atoms with Crippen molar-refractivity contribution in [1.82, 2.24) is 5.32 Å². The van der Waals surface area contributed by atoms with Gasteiger partial charge in [0.1, 0.15) is 5.75 Å². The summed E-state index contributed by atoms with van der Waals surface area (Å²) < 4.78 is 0. The van der Waals surface area contributed by atoms with Gasteiger partial charge < -0.3 is 10.4 Å². The molecular formula is C14H19NO2. The maximum absolute atomic E-state index is 11.4. The minimum Gasteiger partial charge on any atom is -0.508 e. The summed E-state index contributed by atoms with van der Waals surface area (Å²) >= 11 is 0. The number of benzene rings is 1. The Kier molecular flexibility index (Phi) is 5.86. The second kappa shape index (κ2) is 7.49. The normalized spacial score (nSPS) is 10.6. The molecule has 0 spiro atoms. The molecule has 3 heteroatoms. The third-order valence-corrected chi connectivity index (χ3v) is 2.40. The van der Waals surface area contributed by atoms with Gasteiger partial charge in [-0.15, -0.1) is 0 Å². The number of carbonyl (C=O) groups excluding carboxylic acids is 1. The number of hydrogen-bond acceptors (Lipinski definition) is 2. The molecular weight excluding hydrogens is 214 g/mol. The van der Waals surface area contributed by atoms with Gasteiger partial charge in [0, 0.05) is 12.6 Å². The molecule has 0 radical (unpaired) electrons. The highest BCUT2D eigenvalue weighted by atomic mass is 16.3. The monoisotopic (exact) mass is 233 g/mol. The molecule has 0 aliphatic rings. The van der Waals surface area contributed by atoms with E-state index in [1.54, 1.807) is 30.3 Å². The first-order valence-corrected chi connectivity index (χ1v) is 5.97. The second-order valence-corrected chi connectivity index (χ2v) is 3.92. The number of amides is 1. The van der Waals surface area contributed by atoms with Crippen LogP contribution in [0.3, 0.4) is 0 Å². The Bertz CT molecular complexity index is 368. The zero-order chi connectivity index (χ0) is 12.5. The topological polar surface area (TPSA) is 49.3 Å². The Labute approximate surface area is 102 Å². The van der Waals surface area contributed by atoms with Crippen molar-refractivity contribution >= 4 is 12.0 Å². The molecule has 1 amide bonds. The van der Waals surface area contributed by atoms with Crippen molar-refractivity contribution in [2.45, 2.75) is 26.2 Å². The molecule has 0 unspecified atom stereocenters. The molecule has 0 saturated carbocycles. The highest BCUT2D eigenvalue weighted by Gasteiger charge is 1.94. The fourth-order valence-electron chi connectivity index (χ4n) is 1.40. The lowest BCUT2D eigenvalue weighted by molar-refractivity contribution is -0.116. The molecule has 0 bridgehead atoms. The van der Waals surface area contributed by atoms with Crippen LogP contribution in [0.15, 0.2) is 30.3 Å². The van der Waals surface area contributed by atoms with Crippen LogP contribution in [-0.4, -0.2) is 17.6 Å². The third-order valence-electron chi connectivity index (χ3n) is 2.40. The molecule has 0 aliphatic heterocycles. The summed E-state index contributed by atoms with van der Waals surface area (Å²) in [5.74, 6) is 0.153. The van der Waals surface area contributed by atoms with Crippen LogP contribution < -0.4 is 5.32 Å². The Balaban J connectivity index is 2.32. The van der Waals surface area contributed by atoms with Crippen molar-refractivity contribution in [1.29, 1.82) is 0 Å². The molecule has 0 aliphatic carbocycles. The molecule has 0 saturated heterocycles. The van der Waals surface area contributed by atoms with Crippen LogP contribution in [0.2, 0.25) is 0 Å². The van der Waals surface area contributed by atoms with Crippen LogP contribution in [0.1, 0.15) is 31.7 Å². The van der Waals surface area contributed by atoms with Crippen LogP contribution in [0.4, 0.5) is 0 Å². The fourth-order valence-corrected chi connectivity index (χ4v) is 1.40. The van der Waals surface area contributed by atoms with Gasteiger partial charge in [-0.2, -0.15) is 0 Å².